The van der Waals surface area contributed by atoms with Crippen molar-refractivity contribution in [3.63, 3.8) is 0 Å². The Morgan fingerprint density at radius 1 is 1.30 bits per heavy atom. The Morgan fingerprint density at radius 3 is 2.65 bits per heavy atom. The molecule has 1 rings (SSSR count). The molecule has 0 aliphatic heterocycles. The molecule has 0 bridgehead atoms. The van der Waals surface area contributed by atoms with Crippen LogP contribution in [0.4, 0.5) is 10.7 Å². The third-order valence-corrected chi connectivity index (χ3v) is 2.78. The molecular weight excluding hydrogens is 262 g/mol. The monoisotopic (exact) mass is 281 g/mol. The number of rotatable bonds is 7. The zero-order valence-corrected chi connectivity index (χ0v) is 11.5. The van der Waals surface area contributed by atoms with Crippen LogP contribution in [0.1, 0.15) is 33.1 Å². The summed E-state index contributed by atoms with van der Waals surface area (Å²) >= 11 is 0. The quantitative estimate of drug-likeness (QED) is 0.693. The molecule has 0 aromatic carbocycles. The lowest BCUT2D eigenvalue weighted by molar-refractivity contribution is -0.141. The molecule has 8 nitrogen and oxygen atoms in total. The molecular formula is C12H19N5O3. The molecule has 8 heteroatoms. The SMILES string of the molecule is CC(CCCC(C)C(=O)O)NC(=O)Nc1nccnn1. The van der Waals surface area contributed by atoms with E-state index in [2.05, 4.69) is 25.8 Å². The predicted molar refractivity (Wildman–Crippen MR) is 72.1 cm³/mol. The normalized spacial score (nSPS) is 13.3. The van der Waals surface area contributed by atoms with Crippen LogP contribution >= 0.6 is 0 Å². The van der Waals surface area contributed by atoms with Crippen LogP contribution in [0.15, 0.2) is 12.4 Å². The van der Waals surface area contributed by atoms with Crippen LogP contribution in [-0.2, 0) is 4.79 Å². The number of hydrogen-bond donors (Lipinski definition) is 3. The second-order valence-electron chi connectivity index (χ2n) is 4.64. The minimum Gasteiger partial charge on any atom is -0.481 e. The number of hydrogen-bond acceptors (Lipinski definition) is 5. The van der Waals surface area contributed by atoms with Gasteiger partial charge >= 0.3 is 12.0 Å². The van der Waals surface area contributed by atoms with Gasteiger partial charge in [0.15, 0.2) is 0 Å². The number of anilines is 1. The Bertz CT molecular complexity index is 440. The number of carboxylic acid groups (broad SMARTS) is 1. The van der Waals surface area contributed by atoms with Gasteiger partial charge in [0.25, 0.3) is 5.95 Å². The number of urea groups is 1. The third-order valence-electron chi connectivity index (χ3n) is 2.78. The van der Waals surface area contributed by atoms with Crippen LogP contribution < -0.4 is 10.6 Å². The fourth-order valence-corrected chi connectivity index (χ4v) is 1.59. The summed E-state index contributed by atoms with van der Waals surface area (Å²) in [5.41, 5.74) is 0. The maximum Gasteiger partial charge on any atom is 0.321 e. The van der Waals surface area contributed by atoms with E-state index >= 15 is 0 Å². The molecule has 2 unspecified atom stereocenters. The van der Waals surface area contributed by atoms with E-state index in [0.29, 0.717) is 12.8 Å². The van der Waals surface area contributed by atoms with E-state index in [1.54, 1.807) is 6.92 Å². The van der Waals surface area contributed by atoms with Crippen LogP contribution in [0.5, 0.6) is 0 Å². The van der Waals surface area contributed by atoms with E-state index in [0.717, 1.165) is 6.42 Å². The zero-order chi connectivity index (χ0) is 15.0. The number of amides is 2. The summed E-state index contributed by atoms with van der Waals surface area (Å²) in [5, 5.41) is 21.2. The Morgan fingerprint density at radius 2 is 2.05 bits per heavy atom. The van der Waals surface area contributed by atoms with E-state index in [-0.39, 0.29) is 17.9 Å². The standard InChI is InChI=1S/C12H19N5O3/c1-8(10(18)19)4-3-5-9(2)15-12(20)16-11-13-6-7-14-17-11/h6-9H,3-5H2,1-2H3,(H,18,19)(H2,13,15,16,17,20). The molecule has 1 aromatic rings. The summed E-state index contributed by atoms with van der Waals surface area (Å²) in [5.74, 6) is -1.02. The van der Waals surface area contributed by atoms with Gasteiger partial charge in [-0.1, -0.05) is 13.3 Å². The van der Waals surface area contributed by atoms with Crippen molar-refractivity contribution in [2.75, 3.05) is 5.32 Å². The van der Waals surface area contributed by atoms with Gasteiger partial charge in [-0.15, -0.1) is 5.10 Å². The highest BCUT2D eigenvalue weighted by Crippen LogP contribution is 2.09. The Labute approximate surface area is 117 Å². The summed E-state index contributed by atoms with van der Waals surface area (Å²) in [4.78, 5) is 26.1. The average molecular weight is 281 g/mol. The van der Waals surface area contributed by atoms with Gasteiger partial charge in [-0.3, -0.25) is 10.1 Å². The van der Waals surface area contributed by atoms with Crippen LogP contribution in [0.25, 0.3) is 0 Å². The molecule has 0 spiro atoms. The van der Waals surface area contributed by atoms with Crippen molar-refractivity contribution in [2.24, 2.45) is 5.92 Å². The molecule has 0 fully saturated rings. The lowest BCUT2D eigenvalue weighted by Gasteiger charge is -2.14. The summed E-state index contributed by atoms with van der Waals surface area (Å²) in [6, 6.07) is -0.468. The van der Waals surface area contributed by atoms with Crippen molar-refractivity contribution in [3.8, 4) is 0 Å². The number of nitrogens with one attached hydrogen (secondary N) is 2. The van der Waals surface area contributed by atoms with E-state index in [1.807, 2.05) is 6.92 Å². The molecule has 2 atom stereocenters. The van der Waals surface area contributed by atoms with Crippen molar-refractivity contribution in [1.29, 1.82) is 0 Å². The summed E-state index contributed by atoms with van der Waals surface area (Å²) in [6.45, 7) is 3.53. The first kappa shape index (κ1) is 15.8. The lowest BCUT2D eigenvalue weighted by atomic mass is 10.0. The largest absolute Gasteiger partial charge is 0.481 e. The number of aliphatic carboxylic acids is 1. The molecule has 0 saturated carbocycles. The van der Waals surface area contributed by atoms with Gasteiger partial charge in [0, 0.05) is 6.04 Å². The van der Waals surface area contributed by atoms with Crippen LogP contribution in [-0.4, -0.2) is 38.3 Å². The summed E-state index contributed by atoms with van der Waals surface area (Å²) < 4.78 is 0. The van der Waals surface area contributed by atoms with Crippen molar-refractivity contribution in [1.82, 2.24) is 20.5 Å². The topological polar surface area (TPSA) is 117 Å². The molecule has 0 radical (unpaired) electrons. The number of carbonyl (C=O) groups excluding carboxylic acids is 1. The fourth-order valence-electron chi connectivity index (χ4n) is 1.59. The van der Waals surface area contributed by atoms with Gasteiger partial charge in [0.1, 0.15) is 0 Å². The zero-order valence-electron chi connectivity index (χ0n) is 11.5. The highest BCUT2D eigenvalue weighted by molar-refractivity contribution is 5.87. The van der Waals surface area contributed by atoms with Gasteiger partial charge in [-0.05, 0) is 19.8 Å². The molecule has 110 valence electrons. The molecule has 0 saturated heterocycles. The minimum atomic E-state index is -0.794. The number of carboxylic acids is 1. The molecule has 1 heterocycles. The Hall–Kier alpha value is -2.25. The van der Waals surface area contributed by atoms with Crippen molar-refractivity contribution in [3.05, 3.63) is 12.4 Å². The van der Waals surface area contributed by atoms with E-state index in [4.69, 9.17) is 5.11 Å². The van der Waals surface area contributed by atoms with Crippen molar-refractivity contribution >= 4 is 17.9 Å². The Balaban J connectivity index is 2.23. The first-order valence-electron chi connectivity index (χ1n) is 6.43. The molecule has 1 aromatic heterocycles. The van der Waals surface area contributed by atoms with Crippen molar-refractivity contribution in [2.45, 2.75) is 39.2 Å². The van der Waals surface area contributed by atoms with Gasteiger partial charge in [0.05, 0.1) is 18.3 Å². The maximum atomic E-state index is 11.6. The van der Waals surface area contributed by atoms with E-state index in [9.17, 15) is 9.59 Å². The fraction of sp³-hybridized carbons (Fsp3) is 0.583. The maximum absolute atomic E-state index is 11.6. The third kappa shape index (κ3) is 6.07. The van der Waals surface area contributed by atoms with Gasteiger partial charge in [-0.25, -0.2) is 9.78 Å². The van der Waals surface area contributed by atoms with Crippen molar-refractivity contribution < 1.29 is 14.7 Å². The van der Waals surface area contributed by atoms with Crippen LogP contribution in [0.2, 0.25) is 0 Å². The smallest absolute Gasteiger partial charge is 0.321 e. The summed E-state index contributed by atoms with van der Waals surface area (Å²) in [6.07, 6.45) is 4.88. The van der Waals surface area contributed by atoms with E-state index < -0.39 is 12.0 Å². The van der Waals surface area contributed by atoms with Gasteiger partial charge in [0.2, 0.25) is 0 Å². The van der Waals surface area contributed by atoms with Gasteiger partial charge in [-0.2, -0.15) is 5.10 Å². The first-order chi connectivity index (χ1) is 9.49. The van der Waals surface area contributed by atoms with Crippen LogP contribution in [0.3, 0.4) is 0 Å². The highest BCUT2D eigenvalue weighted by atomic mass is 16.4. The minimum absolute atomic E-state index is 0.0623. The molecule has 0 aliphatic rings. The molecule has 20 heavy (non-hydrogen) atoms. The molecule has 2 amide bonds. The number of nitrogens with zero attached hydrogens (tertiary/aromatic N) is 3. The summed E-state index contributed by atoms with van der Waals surface area (Å²) in [7, 11) is 0. The highest BCUT2D eigenvalue weighted by Gasteiger charge is 2.12. The average Bonchev–Trinajstić information content (AvgIpc) is 2.39. The van der Waals surface area contributed by atoms with Crippen LogP contribution in [0, 0.1) is 5.92 Å². The van der Waals surface area contributed by atoms with E-state index in [1.165, 1.54) is 12.4 Å². The first-order valence-corrected chi connectivity index (χ1v) is 6.43. The molecule has 3 N–H and O–H groups in total. The van der Waals surface area contributed by atoms with Gasteiger partial charge < -0.3 is 10.4 Å². The lowest BCUT2D eigenvalue weighted by Crippen LogP contribution is -2.36. The second-order valence-corrected chi connectivity index (χ2v) is 4.64. The number of aromatic nitrogens is 3. The predicted octanol–water partition coefficient (Wildman–Crippen LogP) is 1.27. The Kier molecular flexibility index (Phi) is 6.34. The number of carbonyl (C=O) groups is 2. The second kappa shape index (κ2) is 8.03. The molecule has 0 aliphatic carbocycles.